The van der Waals surface area contributed by atoms with E-state index in [0.29, 0.717) is 0 Å². The highest BCUT2D eigenvalue weighted by molar-refractivity contribution is 6.31. The first-order chi connectivity index (χ1) is 5.11. The summed E-state index contributed by atoms with van der Waals surface area (Å²) in [4.78, 5) is 0. The number of hydrogen-bond acceptors (Lipinski definition) is 1. The van der Waals surface area contributed by atoms with E-state index in [2.05, 4.69) is 0 Å². The summed E-state index contributed by atoms with van der Waals surface area (Å²) in [6, 6.07) is 5.90. The van der Waals surface area contributed by atoms with Gasteiger partial charge in [0, 0.05) is 11.1 Å². The van der Waals surface area contributed by atoms with Gasteiger partial charge in [0.25, 0.3) is 0 Å². The molecule has 0 fully saturated rings. The first-order valence-electron chi connectivity index (χ1n) is 3.63. The molecule has 60 valence electrons. The number of halogens is 1. The summed E-state index contributed by atoms with van der Waals surface area (Å²) in [7, 11) is 0. The van der Waals surface area contributed by atoms with Crippen molar-refractivity contribution in [3.05, 3.63) is 34.3 Å². The molecular weight excluding hydrogens is 158 g/mol. The van der Waals surface area contributed by atoms with Crippen molar-refractivity contribution in [3.8, 4) is 0 Å². The Morgan fingerprint density at radius 3 is 2.55 bits per heavy atom. The maximum absolute atomic E-state index is 5.91. The molecule has 1 nitrogen and oxygen atoms in total. The van der Waals surface area contributed by atoms with E-state index in [0.717, 1.165) is 10.6 Å². The van der Waals surface area contributed by atoms with Crippen molar-refractivity contribution in [2.45, 2.75) is 19.9 Å². The molecule has 11 heavy (non-hydrogen) atoms. The number of rotatable bonds is 1. The van der Waals surface area contributed by atoms with Gasteiger partial charge < -0.3 is 5.73 Å². The van der Waals surface area contributed by atoms with Crippen LogP contribution in [0.4, 0.5) is 0 Å². The summed E-state index contributed by atoms with van der Waals surface area (Å²) in [6.45, 7) is 3.96. The Morgan fingerprint density at radius 1 is 1.45 bits per heavy atom. The van der Waals surface area contributed by atoms with Crippen molar-refractivity contribution >= 4 is 11.6 Å². The van der Waals surface area contributed by atoms with Gasteiger partial charge in [0.05, 0.1) is 0 Å². The Kier molecular flexibility index (Phi) is 2.53. The van der Waals surface area contributed by atoms with Gasteiger partial charge in [-0.05, 0) is 25.5 Å². The summed E-state index contributed by atoms with van der Waals surface area (Å²) >= 11 is 5.91. The van der Waals surface area contributed by atoms with Gasteiger partial charge in [-0.2, -0.15) is 0 Å². The predicted octanol–water partition coefficient (Wildman–Crippen LogP) is 2.67. The molecule has 0 aliphatic heterocycles. The lowest BCUT2D eigenvalue weighted by Crippen LogP contribution is -2.05. The molecule has 0 heterocycles. The zero-order valence-corrected chi connectivity index (χ0v) is 7.52. The molecule has 0 aliphatic rings. The van der Waals surface area contributed by atoms with Crippen molar-refractivity contribution in [3.63, 3.8) is 0 Å². The molecule has 0 aliphatic carbocycles. The van der Waals surface area contributed by atoms with E-state index in [1.807, 2.05) is 32.0 Å². The van der Waals surface area contributed by atoms with Crippen LogP contribution in [0, 0.1) is 6.92 Å². The summed E-state index contributed by atoms with van der Waals surface area (Å²) in [5, 5.41) is 0.755. The van der Waals surface area contributed by atoms with Crippen LogP contribution in [0.2, 0.25) is 5.02 Å². The molecule has 0 bridgehead atoms. The molecule has 0 saturated heterocycles. The SMILES string of the molecule is Cc1ccc(Cl)c(C(C)N)c1. The van der Waals surface area contributed by atoms with Crippen molar-refractivity contribution in [1.82, 2.24) is 0 Å². The lowest BCUT2D eigenvalue weighted by Gasteiger charge is -2.08. The first-order valence-corrected chi connectivity index (χ1v) is 4.00. The molecule has 1 atom stereocenters. The van der Waals surface area contributed by atoms with Gasteiger partial charge >= 0.3 is 0 Å². The van der Waals surface area contributed by atoms with Crippen LogP contribution < -0.4 is 5.73 Å². The van der Waals surface area contributed by atoms with Gasteiger partial charge in [0.2, 0.25) is 0 Å². The highest BCUT2D eigenvalue weighted by Crippen LogP contribution is 2.21. The fourth-order valence-electron chi connectivity index (χ4n) is 1.01. The topological polar surface area (TPSA) is 26.0 Å². The van der Waals surface area contributed by atoms with E-state index < -0.39 is 0 Å². The summed E-state index contributed by atoms with van der Waals surface area (Å²) < 4.78 is 0. The predicted molar refractivity (Wildman–Crippen MR) is 48.8 cm³/mol. The van der Waals surface area contributed by atoms with E-state index in [-0.39, 0.29) is 6.04 Å². The number of aryl methyl sites for hydroxylation is 1. The van der Waals surface area contributed by atoms with Gasteiger partial charge in [-0.25, -0.2) is 0 Å². The van der Waals surface area contributed by atoms with Crippen molar-refractivity contribution < 1.29 is 0 Å². The van der Waals surface area contributed by atoms with Crippen LogP contribution in [0.5, 0.6) is 0 Å². The molecular formula is C9H12ClN. The molecule has 1 rings (SSSR count). The maximum atomic E-state index is 5.91. The van der Waals surface area contributed by atoms with Crippen LogP contribution in [0.1, 0.15) is 24.1 Å². The Hall–Kier alpha value is -0.530. The first kappa shape index (κ1) is 8.57. The van der Waals surface area contributed by atoms with E-state index in [4.69, 9.17) is 17.3 Å². The Bertz CT molecular complexity index is 256. The zero-order chi connectivity index (χ0) is 8.43. The summed E-state index contributed by atoms with van der Waals surface area (Å²) in [5.41, 5.74) is 7.92. The highest BCUT2D eigenvalue weighted by atomic mass is 35.5. The van der Waals surface area contributed by atoms with E-state index in [9.17, 15) is 0 Å². The minimum atomic E-state index is 0.0161. The van der Waals surface area contributed by atoms with Gasteiger partial charge in [-0.3, -0.25) is 0 Å². The molecule has 1 unspecified atom stereocenters. The smallest absolute Gasteiger partial charge is 0.0453 e. The minimum absolute atomic E-state index is 0.0161. The third-order valence-electron chi connectivity index (χ3n) is 1.64. The van der Waals surface area contributed by atoms with Crippen LogP contribution in [0.3, 0.4) is 0 Å². The molecule has 2 heteroatoms. The summed E-state index contributed by atoms with van der Waals surface area (Å²) in [5.74, 6) is 0. The van der Waals surface area contributed by atoms with Crippen molar-refractivity contribution in [2.24, 2.45) is 5.73 Å². The molecule has 1 aromatic carbocycles. The van der Waals surface area contributed by atoms with Crippen LogP contribution in [-0.2, 0) is 0 Å². The van der Waals surface area contributed by atoms with Gasteiger partial charge in [0.1, 0.15) is 0 Å². The minimum Gasteiger partial charge on any atom is -0.324 e. The van der Waals surface area contributed by atoms with Gasteiger partial charge in [-0.1, -0.05) is 29.3 Å². The molecule has 1 aromatic rings. The standard InChI is InChI=1S/C9H12ClN/c1-6-3-4-9(10)8(5-6)7(2)11/h3-5,7H,11H2,1-2H3. The van der Waals surface area contributed by atoms with Crippen LogP contribution >= 0.6 is 11.6 Å². The maximum Gasteiger partial charge on any atom is 0.0453 e. The molecule has 0 amide bonds. The fraction of sp³-hybridized carbons (Fsp3) is 0.333. The molecule has 0 radical (unpaired) electrons. The number of benzene rings is 1. The van der Waals surface area contributed by atoms with Crippen molar-refractivity contribution in [2.75, 3.05) is 0 Å². The third-order valence-corrected chi connectivity index (χ3v) is 1.99. The highest BCUT2D eigenvalue weighted by Gasteiger charge is 2.03. The molecule has 2 N–H and O–H groups in total. The fourth-order valence-corrected chi connectivity index (χ4v) is 1.30. The average Bonchev–Trinajstić information content (AvgIpc) is 1.94. The van der Waals surface area contributed by atoms with Gasteiger partial charge in [-0.15, -0.1) is 0 Å². The van der Waals surface area contributed by atoms with Crippen LogP contribution in [0.25, 0.3) is 0 Å². The molecule has 0 spiro atoms. The second-order valence-electron chi connectivity index (χ2n) is 2.81. The van der Waals surface area contributed by atoms with E-state index in [1.165, 1.54) is 5.56 Å². The zero-order valence-electron chi connectivity index (χ0n) is 6.76. The van der Waals surface area contributed by atoms with E-state index in [1.54, 1.807) is 0 Å². The molecule has 0 aromatic heterocycles. The lowest BCUT2D eigenvalue weighted by molar-refractivity contribution is 0.817. The second kappa shape index (κ2) is 3.24. The lowest BCUT2D eigenvalue weighted by atomic mass is 10.1. The van der Waals surface area contributed by atoms with Crippen molar-refractivity contribution in [1.29, 1.82) is 0 Å². The third kappa shape index (κ3) is 1.95. The largest absolute Gasteiger partial charge is 0.324 e. The van der Waals surface area contributed by atoms with E-state index >= 15 is 0 Å². The summed E-state index contributed by atoms with van der Waals surface area (Å²) in [6.07, 6.45) is 0. The van der Waals surface area contributed by atoms with Crippen LogP contribution in [0.15, 0.2) is 18.2 Å². The normalized spacial score (nSPS) is 13.1. The quantitative estimate of drug-likeness (QED) is 0.688. The van der Waals surface area contributed by atoms with Gasteiger partial charge in [0.15, 0.2) is 0 Å². The van der Waals surface area contributed by atoms with Crippen LogP contribution in [-0.4, -0.2) is 0 Å². The average molecular weight is 170 g/mol. The Balaban J connectivity index is 3.13. The number of nitrogens with two attached hydrogens (primary N) is 1. The molecule has 0 saturated carbocycles. The number of hydrogen-bond donors (Lipinski definition) is 1. The monoisotopic (exact) mass is 169 g/mol. The second-order valence-corrected chi connectivity index (χ2v) is 3.22. The Morgan fingerprint density at radius 2 is 2.09 bits per heavy atom. The Labute approximate surface area is 72.2 Å².